The topological polar surface area (TPSA) is 86.2 Å². The first-order chi connectivity index (χ1) is 5.96. The molecule has 0 aromatic heterocycles. The molecule has 0 aliphatic rings. The number of halogens is 1. The van der Waals surface area contributed by atoms with Gasteiger partial charge in [0.15, 0.2) is 0 Å². The number of rotatable bonds is 2. The molecule has 1 aromatic carbocycles. The summed E-state index contributed by atoms with van der Waals surface area (Å²) in [7, 11) is -3.89. The molecule has 0 saturated carbocycles. The molecule has 6 heteroatoms. The van der Waals surface area contributed by atoms with E-state index in [2.05, 4.69) is 0 Å². The molecular weight excluding hydrogens is 195 g/mol. The van der Waals surface area contributed by atoms with Gasteiger partial charge >= 0.3 is 0 Å². The van der Waals surface area contributed by atoms with Gasteiger partial charge in [0.1, 0.15) is 5.82 Å². The first kappa shape index (κ1) is 10.1. The second kappa shape index (κ2) is 3.41. The van der Waals surface area contributed by atoms with Crippen LogP contribution in [0.2, 0.25) is 0 Å². The fourth-order valence-electron chi connectivity index (χ4n) is 1.00. The molecule has 1 rings (SSSR count). The van der Waals surface area contributed by atoms with Crippen LogP contribution in [0.15, 0.2) is 23.1 Å². The maximum Gasteiger partial charge on any atom is 0.238 e. The molecule has 0 heterocycles. The Kier molecular flexibility index (Phi) is 2.65. The lowest BCUT2D eigenvalue weighted by molar-refractivity contribution is 0.583. The minimum absolute atomic E-state index is 0.0787. The Morgan fingerprint density at radius 1 is 1.38 bits per heavy atom. The Morgan fingerprint density at radius 3 is 2.38 bits per heavy atom. The van der Waals surface area contributed by atoms with Crippen molar-refractivity contribution in [3.63, 3.8) is 0 Å². The predicted octanol–water partition coefficient (Wildman–Crippen LogP) is -0.0682. The van der Waals surface area contributed by atoms with Crippen LogP contribution in [-0.2, 0) is 16.6 Å². The maximum atomic E-state index is 13.0. The van der Waals surface area contributed by atoms with E-state index in [1.165, 1.54) is 12.1 Å². The fraction of sp³-hybridized carbons (Fsp3) is 0.143. The van der Waals surface area contributed by atoms with Gasteiger partial charge in [-0.1, -0.05) is 6.07 Å². The van der Waals surface area contributed by atoms with Gasteiger partial charge < -0.3 is 5.73 Å². The van der Waals surface area contributed by atoms with E-state index < -0.39 is 15.8 Å². The van der Waals surface area contributed by atoms with Crippen molar-refractivity contribution >= 4 is 10.0 Å². The highest BCUT2D eigenvalue weighted by Gasteiger charge is 2.15. The van der Waals surface area contributed by atoms with E-state index in [0.717, 1.165) is 6.07 Å². The molecule has 4 nitrogen and oxygen atoms in total. The van der Waals surface area contributed by atoms with Gasteiger partial charge in [0.05, 0.1) is 4.90 Å². The summed E-state index contributed by atoms with van der Waals surface area (Å²) in [5, 5.41) is 4.85. The summed E-state index contributed by atoms with van der Waals surface area (Å²) in [6.45, 7) is -0.196. The van der Waals surface area contributed by atoms with Crippen LogP contribution in [0.3, 0.4) is 0 Å². The zero-order valence-electron chi connectivity index (χ0n) is 6.70. The van der Waals surface area contributed by atoms with Gasteiger partial charge in [0, 0.05) is 12.1 Å². The van der Waals surface area contributed by atoms with Crippen LogP contribution in [-0.4, -0.2) is 8.42 Å². The van der Waals surface area contributed by atoms with E-state index >= 15 is 0 Å². The first-order valence-corrected chi connectivity index (χ1v) is 5.01. The average Bonchev–Trinajstić information content (AvgIpc) is 2.02. The second-order valence-electron chi connectivity index (χ2n) is 2.47. The molecule has 0 radical (unpaired) electrons. The van der Waals surface area contributed by atoms with Crippen LogP contribution in [0.4, 0.5) is 4.39 Å². The Labute approximate surface area is 75.4 Å². The number of hydrogen-bond acceptors (Lipinski definition) is 3. The summed E-state index contributed by atoms with van der Waals surface area (Å²) < 4.78 is 34.8. The van der Waals surface area contributed by atoms with Gasteiger partial charge in [0.2, 0.25) is 10.0 Å². The molecule has 4 N–H and O–H groups in total. The Morgan fingerprint density at radius 2 is 2.00 bits per heavy atom. The Hall–Kier alpha value is -0.980. The second-order valence-corrected chi connectivity index (χ2v) is 4.00. The summed E-state index contributed by atoms with van der Waals surface area (Å²) in [5.41, 5.74) is 5.11. The van der Waals surface area contributed by atoms with Crippen LogP contribution in [0, 0.1) is 5.82 Å². The van der Waals surface area contributed by atoms with Crippen LogP contribution in [0.1, 0.15) is 5.56 Å². The van der Waals surface area contributed by atoms with Crippen molar-refractivity contribution in [3.8, 4) is 0 Å². The molecule has 0 fully saturated rings. The van der Waals surface area contributed by atoms with E-state index in [9.17, 15) is 12.8 Å². The maximum absolute atomic E-state index is 13.0. The average molecular weight is 204 g/mol. The molecule has 0 aliphatic heterocycles. The highest BCUT2D eigenvalue weighted by molar-refractivity contribution is 7.89. The normalized spacial score (nSPS) is 11.6. The lowest BCUT2D eigenvalue weighted by Gasteiger charge is -2.05. The first-order valence-electron chi connectivity index (χ1n) is 3.47. The van der Waals surface area contributed by atoms with Crippen molar-refractivity contribution in [2.75, 3.05) is 0 Å². The molecule has 0 spiro atoms. The van der Waals surface area contributed by atoms with Crippen molar-refractivity contribution in [1.82, 2.24) is 0 Å². The molecule has 72 valence electrons. The lowest BCUT2D eigenvalue weighted by atomic mass is 10.2. The van der Waals surface area contributed by atoms with Gasteiger partial charge in [-0.15, -0.1) is 0 Å². The summed E-state index contributed by atoms with van der Waals surface area (Å²) in [6, 6.07) is 3.63. The smallest absolute Gasteiger partial charge is 0.238 e. The fourth-order valence-corrected chi connectivity index (χ4v) is 1.80. The highest BCUT2D eigenvalue weighted by atomic mass is 32.2. The van der Waals surface area contributed by atoms with Crippen molar-refractivity contribution in [2.45, 2.75) is 11.4 Å². The van der Waals surface area contributed by atoms with Crippen LogP contribution >= 0.6 is 0 Å². The molecule has 0 amide bonds. The lowest BCUT2D eigenvalue weighted by Crippen LogP contribution is -2.17. The van der Waals surface area contributed by atoms with Crippen molar-refractivity contribution in [3.05, 3.63) is 29.6 Å². The van der Waals surface area contributed by atoms with Gasteiger partial charge in [-0.25, -0.2) is 17.9 Å². The molecule has 0 aliphatic carbocycles. The summed E-state index contributed by atoms with van der Waals surface area (Å²) in [5.74, 6) is -0.658. The summed E-state index contributed by atoms with van der Waals surface area (Å²) in [6.07, 6.45) is 0. The van der Waals surface area contributed by atoms with Gasteiger partial charge in [0.25, 0.3) is 0 Å². The van der Waals surface area contributed by atoms with Crippen molar-refractivity contribution in [2.24, 2.45) is 10.9 Å². The van der Waals surface area contributed by atoms with Crippen molar-refractivity contribution in [1.29, 1.82) is 0 Å². The summed E-state index contributed by atoms with van der Waals surface area (Å²) in [4.78, 5) is -0.255. The number of nitrogens with two attached hydrogens (primary N) is 2. The minimum Gasteiger partial charge on any atom is -0.326 e. The third-order valence-corrected chi connectivity index (χ3v) is 2.58. The number of hydrogen-bond donors (Lipinski definition) is 2. The monoisotopic (exact) mass is 204 g/mol. The van der Waals surface area contributed by atoms with Gasteiger partial charge in [-0.05, 0) is 12.1 Å². The van der Waals surface area contributed by atoms with Gasteiger partial charge in [-0.2, -0.15) is 0 Å². The third kappa shape index (κ3) is 2.03. The summed E-state index contributed by atoms with van der Waals surface area (Å²) >= 11 is 0. The number of sulfonamides is 1. The Bertz CT molecular complexity index is 417. The minimum atomic E-state index is -3.89. The van der Waals surface area contributed by atoms with Crippen LogP contribution in [0.25, 0.3) is 0 Å². The van der Waals surface area contributed by atoms with Crippen LogP contribution in [0.5, 0.6) is 0 Å². The van der Waals surface area contributed by atoms with Crippen molar-refractivity contribution < 1.29 is 12.8 Å². The number of benzene rings is 1. The zero-order chi connectivity index (χ0) is 10.1. The highest BCUT2D eigenvalue weighted by Crippen LogP contribution is 2.16. The van der Waals surface area contributed by atoms with E-state index in [4.69, 9.17) is 10.9 Å². The molecule has 0 unspecified atom stereocenters. The Balaban J connectivity index is 3.47. The molecule has 13 heavy (non-hydrogen) atoms. The van der Waals surface area contributed by atoms with E-state index in [0.29, 0.717) is 0 Å². The van der Waals surface area contributed by atoms with Crippen LogP contribution < -0.4 is 10.9 Å². The zero-order valence-corrected chi connectivity index (χ0v) is 7.51. The van der Waals surface area contributed by atoms with E-state index in [1.54, 1.807) is 0 Å². The predicted molar refractivity (Wildman–Crippen MR) is 45.7 cm³/mol. The number of primary sulfonamides is 1. The molecule has 0 saturated heterocycles. The third-order valence-electron chi connectivity index (χ3n) is 1.59. The van der Waals surface area contributed by atoms with E-state index in [-0.39, 0.29) is 17.0 Å². The molecule has 0 atom stereocenters. The standard InChI is InChI=1S/C7H9FN2O2S/c8-6-2-1-3-7(5(6)4-9)13(10,11)12/h1-3H,4,9H2,(H2,10,11,12). The molecular formula is C7H9FN2O2S. The molecule has 0 bridgehead atoms. The van der Waals surface area contributed by atoms with E-state index in [1.807, 2.05) is 0 Å². The molecule has 1 aromatic rings. The SMILES string of the molecule is NCc1c(F)cccc1S(N)(=O)=O. The largest absolute Gasteiger partial charge is 0.326 e. The quantitative estimate of drug-likeness (QED) is 0.707. The van der Waals surface area contributed by atoms with Gasteiger partial charge in [-0.3, -0.25) is 0 Å².